The number of rotatable bonds is 5. The molecule has 2 aromatic rings. The van der Waals surface area contributed by atoms with Crippen LogP contribution < -0.4 is 5.32 Å². The maximum atomic E-state index is 12.7. The number of carbonyl (C=O) groups excluding carboxylic acids is 1. The molecule has 1 amide bonds. The lowest BCUT2D eigenvalue weighted by atomic mass is 9.97. The van der Waals surface area contributed by atoms with E-state index >= 15 is 0 Å². The van der Waals surface area contributed by atoms with E-state index in [4.69, 9.17) is 11.6 Å². The van der Waals surface area contributed by atoms with E-state index in [9.17, 15) is 13.2 Å². The van der Waals surface area contributed by atoms with Gasteiger partial charge in [0.15, 0.2) is 0 Å². The monoisotopic (exact) mass is 470 g/mol. The van der Waals surface area contributed by atoms with Crippen molar-refractivity contribution in [3.05, 3.63) is 63.6 Å². The number of sulfonamides is 1. The van der Waals surface area contributed by atoms with Gasteiger partial charge in [0, 0.05) is 23.5 Å². The van der Waals surface area contributed by atoms with E-state index in [1.807, 2.05) is 12.1 Å². The summed E-state index contributed by atoms with van der Waals surface area (Å²) in [5.41, 5.74) is 1.32. The lowest BCUT2D eigenvalue weighted by Gasteiger charge is -2.30. The Bertz CT molecular complexity index is 928. The predicted molar refractivity (Wildman–Crippen MR) is 111 cm³/mol. The molecule has 2 aromatic carbocycles. The van der Waals surface area contributed by atoms with Crippen LogP contribution in [0.4, 0.5) is 5.69 Å². The summed E-state index contributed by atoms with van der Waals surface area (Å²) in [6.45, 7) is 0.688. The molecule has 0 aromatic heterocycles. The highest BCUT2D eigenvalue weighted by atomic mass is 79.9. The molecule has 1 saturated heterocycles. The highest BCUT2D eigenvalue weighted by Gasteiger charge is 2.31. The van der Waals surface area contributed by atoms with Gasteiger partial charge in [-0.25, -0.2) is 12.7 Å². The number of amides is 1. The molecule has 0 spiro atoms. The number of piperidine rings is 1. The third-order valence-electron chi connectivity index (χ3n) is 4.59. The summed E-state index contributed by atoms with van der Waals surface area (Å²) >= 11 is 9.43. The fourth-order valence-corrected chi connectivity index (χ4v) is 5.30. The van der Waals surface area contributed by atoms with Crippen LogP contribution in [0.2, 0.25) is 5.02 Å². The minimum absolute atomic E-state index is 0.0388. The third-order valence-corrected chi connectivity index (χ3v) is 7.26. The number of nitrogens with one attached hydrogen (secondary N) is 1. The Morgan fingerprint density at radius 2 is 1.85 bits per heavy atom. The van der Waals surface area contributed by atoms with Crippen molar-refractivity contribution < 1.29 is 13.2 Å². The quantitative estimate of drug-likeness (QED) is 0.708. The second kappa shape index (κ2) is 8.73. The molecule has 1 aliphatic rings. The smallest absolute Gasteiger partial charge is 0.227 e. The number of halogens is 2. The van der Waals surface area contributed by atoms with Gasteiger partial charge in [0.1, 0.15) is 0 Å². The number of nitrogens with zero attached hydrogens (tertiary/aromatic N) is 1. The van der Waals surface area contributed by atoms with E-state index in [0.717, 1.165) is 10.0 Å². The molecule has 3 rings (SSSR count). The number of para-hydroxylation sites is 1. The zero-order valence-electron chi connectivity index (χ0n) is 14.6. The van der Waals surface area contributed by atoms with Gasteiger partial charge >= 0.3 is 0 Å². The van der Waals surface area contributed by atoms with Crippen molar-refractivity contribution in [3.8, 4) is 0 Å². The summed E-state index contributed by atoms with van der Waals surface area (Å²) < 4.78 is 27.7. The Hall–Kier alpha value is -1.41. The van der Waals surface area contributed by atoms with Crippen molar-refractivity contribution in [2.45, 2.75) is 18.6 Å². The van der Waals surface area contributed by atoms with Gasteiger partial charge in [-0.3, -0.25) is 4.79 Å². The fraction of sp³-hybridized carbons (Fsp3) is 0.316. The molecule has 1 fully saturated rings. The van der Waals surface area contributed by atoms with Gasteiger partial charge in [-0.1, -0.05) is 51.8 Å². The van der Waals surface area contributed by atoms with E-state index in [-0.39, 0.29) is 17.6 Å². The molecular formula is C19H20BrClN2O3S. The van der Waals surface area contributed by atoms with Crippen LogP contribution in [0.1, 0.15) is 18.4 Å². The first-order valence-electron chi connectivity index (χ1n) is 8.63. The summed E-state index contributed by atoms with van der Waals surface area (Å²) in [5.74, 6) is -0.381. The first-order chi connectivity index (χ1) is 12.8. The number of hydrogen-bond acceptors (Lipinski definition) is 3. The summed E-state index contributed by atoms with van der Waals surface area (Å²) in [6.07, 6.45) is 0.988. The SMILES string of the molecule is O=C(Nc1ccccc1Cl)C1CCN(S(=O)(=O)Cc2cccc(Br)c2)CC1. The summed E-state index contributed by atoms with van der Waals surface area (Å²) in [5, 5.41) is 3.32. The van der Waals surface area contributed by atoms with Crippen molar-refractivity contribution in [1.82, 2.24) is 4.31 Å². The van der Waals surface area contributed by atoms with Gasteiger partial charge in [-0.05, 0) is 42.7 Å². The molecule has 144 valence electrons. The summed E-state index contributed by atoms with van der Waals surface area (Å²) in [7, 11) is -3.41. The maximum Gasteiger partial charge on any atom is 0.227 e. The molecule has 1 N–H and O–H groups in total. The number of hydrogen-bond donors (Lipinski definition) is 1. The zero-order chi connectivity index (χ0) is 19.4. The fourth-order valence-electron chi connectivity index (χ4n) is 3.12. The van der Waals surface area contributed by atoms with Crippen LogP contribution in [0.3, 0.4) is 0 Å². The van der Waals surface area contributed by atoms with E-state index in [2.05, 4.69) is 21.2 Å². The average Bonchev–Trinajstić information content (AvgIpc) is 2.63. The van der Waals surface area contributed by atoms with E-state index in [1.165, 1.54) is 4.31 Å². The minimum Gasteiger partial charge on any atom is -0.325 e. The molecule has 0 atom stereocenters. The Kier molecular flexibility index (Phi) is 6.57. The molecule has 5 nitrogen and oxygen atoms in total. The van der Waals surface area contributed by atoms with Crippen LogP contribution in [0, 0.1) is 5.92 Å². The highest BCUT2D eigenvalue weighted by molar-refractivity contribution is 9.10. The second-order valence-corrected chi connectivity index (χ2v) is 9.82. The number of carbonyl (C=O) groups is 1. The summed E-state index contributed by atoms with van der Waals surface area (Å²) in [6, 6.07) is 14.4. The van der Waals surface area contributed by atoms with Gasteiger partial charge in [0.05, 0.1) is 16.5 Å². The molecule has 0 bridgehead atoms. The largest absolute Gasteiger partial charge is 0.325 e. The van der Waals surface area contributed by atoms with Crippen LogP contribution in [-0.4, -0.2) is 31.7 Å². The third kappa shape index (κ3) is 5.31. The lowest BCUT2D eigenvalue weighted by molar-refractivity contribution is -0.120. The summed E-state index contributed by atoms with van der Waals surface area (Å²) in [4.78, 5) is 12.5. The number of benzene rings is 2. The zero-order valence-corrected chi connectivity index (χ0v) is 17.7. The van der Waals surface area contributed by atoms with Crippen molar-refractivity contribution >= 4 is 49.1 Å². The molecular weight excluding hydrogens is 452 g/mol. The van der Waals surface area contributed by atoms with Crippen molar-refractivity contribution in [2.24, 2.45) is 5.92 Å². The van der Waals surface area contributed by atoms with Gasteiger partial charge < -0.3 is 5.32 Å². The Balaban J connectivity index is 1.58. The van der Waals surface area contributed by atoms with Gasteiger partial charge in [-0.2, -0.15) is 0 Å². The van der Waals surface area contributed by atoms with Gasteiger partial charge in [0.2, 0.25) is 15.9 Å². The van der Waals surface area contributed by atoms with Gasteiger partial charge in [-0.15, -0.1) is 0 Å². The van der Waals surface area contributed by atoms with E-state index in [1.54, 1.807) is 36.4 Å². The predicted octanol–water partition coefficient (Wildman–Crippen LogP) is 4.28. The molecule has 0 unspecified atom stereocenters. The normalized spacial score (nSPS) is 16.2. The maximum absolute atomic E-state index is 12.7. The number of anilines is 1. The van der Waals surface area contributed by atoms with Gasteiger partial charge in [0.25, 0.3) is 0 Å². The van der Waals surface area contributed by atoms with Crippen LogP contribution >= 0.6 is 27.5 Å². The van der Waals surface area contributed by atoms with Crippen LogP contribution in [0.25, 0.3) is 0 Å². The molecule has 0 aliphatic carbocycles. The average molecular weight is 472 g/mol. The first kappa shape index (κ1) is 20.3. The standard InChI is InChI=1S/C19H20BrClN2O3S/c20-16-5-3-4-14(12-16)13-27(25,26)23-10-8-15(9-11-23)19(24)22-18-7-2-1-6-17(18)21/h1-7,12,15H,8-11,13H2,(H,22,24). The van der Waals surface area contributed by atoms with E-state index in [0.29, 0.717) is 36.6 Å². The molecule has 1 aliphatic heterocycles. The van der Waals surface area contributed by atoms with Crippen molar-refractivity contribution in [2.75, 3.05) is 18.4 Å². The Morgan fingerprint density at radius 3 is 2.52 bits per heavy atom. The second-order valence-electron chi connectivity index (χ2n) is 6.53. The Labute approximate surface area is 172 Å². The van der Waals surface area contributed by atoms with E-state index < -0.39 is 10.0 Å². The Morgan fingerprint density at radius 1 is 1.15 bits per heavy atom. The van der Waals surface area contributed by atoms with Crippen LogP contribution in [0.5, 0.6) is 0 Å². The van der Waals surface area contributed by atoms with Crippen molar-refractivity contribution in [1.29, 1.82) is 0 Å². The first-order valence-corrected chi connectivity index (χ1v) is 11.4. The molecule has 0 saturated carbocycles. The molecule has 1 heterocycles. The topological polar surface area (TPSA) is 66.5 Å². The minimum atomic E-state index is -3.41. The molecule has 27 heavy (non-hydrogen) atoms. The molecule has 0 radical (unpaired) electrons. The highest BCUT2D eigenvalue weighted by Crippen LogP contribution is 2.26. The molecule has 8 heteroatoms. The van der Waals surface area contributed by atoms with Crippen molar-refractivity contribution in [3.63, 3.8) is 0 Å². The van der Waals surface area contributed by atoms with Crippen LogP contribution in [-0.2, 0) is 20.6 Å². The lowest BCUT2D eigenvalue weighted by Crippen LogP contribution is -2.41. The van der Waals surface area contributed by atoms with Crippen LogP contribution in [0.15, 0.2) is 53.0 Å².